The maximum Gasteiger partial charge on any atom is 0.292 e. The normalized spacial score (nSPS) is 17.4. The highest BCUT2D eigenvalue weighted by atomic mass is 16.6. The summed E-state index contributed by atoms with van der Waals surface area (Å²) in [5.74, 6) is 0. The van der Waals surface area contributed by atoms with E-state index in [0.717, 1.165) is 36.3 Å². The van der Waals surface area contributed by atoms with Crippen LogP contribution in [0.5, 0.6) is 0 Å². The molecule has 0 saturated carbocycles. The first-order chi connectivity index (χ1) is 12.0. The monoisotopic (exact) mass is 339 g/mol. The van der Waals surface area contributed by atoms with E-state index in [4.69, 9.17) is 0 Å². The molecule has 1 N–H and O–H groups in total. The summed E-state index contributed by atoms with van der Waals surface area (Å²) in [7, 11) is 0. The Balaban J connectivity index is 1.78. The molecule has 1 atom stereocenters. The van der Waals surface area contributed by atoms with E-state index in [0.29, 0.717) is 12.6 Å². The van der Waals surface area contributed by atoms with Crippen molar-refractivity contribution in [2.45, 2.75) is 45.7 Å². The van der Waals surface area contributed by atoms with Crippen LogP contribution in [0.4, 0.5) is 17.1 Å². The molecule has 0 aromatic heterocycles. The fourth-order valence-corrected chi connectivity index (χ4v) is 3.40. The van der Waals surface area contributed by atoms with Crippen LogP contribution in [0.1, 0.15) is 37.3 Å². The second-order valence-corrected chi connectivity index (χ2v) is 6.84. The Hall–Kier alpha value is -2.56. The second kappa shape index (κ2) is 7.55. The zero-order chi connectivity index (χ0) is 17.8. The van der Waals surface area contributed by atoms with Crippen LogP contribution in [0.3, 0.4) is 0 Å². The minimum absolute atomic E-state index is 0.206. The van der Waals surface area contributed by atoms with Gasteiger partial charge in [0, 0.05) is 30.9 Å². The number of anilines is 2. The molecule has 3 rings (SSSR count). The number of nitro groups is 1. The molecule has 2 aromatic carbocycles. The molecule has 0 spiro atoms. The average molecular weight is 339 g/mol. The summed E-state index contributed by atoms with van der Waals surface area (Å²) in [5.41, 5.74) is 4.09. The summed E-state index contributed by atoms with van der Waals surface area (Å²) in [6.07, 6.45) is 3.39. The van der Waals surface area contributed by atoms with Crippen molar-refractivity contribution in [3.63, 3.8) is 0 Å². The first-order valence-electron chi connectivity index (χ1n) is 8.89. The Bertz CT molecular complexity index is 743. The van der Waals surface area contributed by atoms with Crippen molar-refractivity contribution < 1.29 is 4.92 Å². The molecule has 5 nitrogen and oxygen atoms in total. The molecule has 1 aliphatic heterocycles. The van der Waals surface area contributed by atoms with E-state index in [1.165, 1.54) is 12.0 Å². The standard InChI is InChI=1S/C20H25N3O2/c1-15-6-9-18(10-7-15)21-14-17-8-11-19(20(13-17)23(24)25)22-12-4-3-5-16(22)2/h6-11,13,16,21H,3-5,12,14H2,1-2H3/t16-/m0/s1. The van der Waals surface area contributed by atoms with Crippen LogP contribution in [0, 0.1) is 17.0 Å². The van der Waals surface area contributed by atoms with Crippen molar-refractivity contribution in [1.82, 2.24) is 0 Å². The van der Waals surface area contributed by atoms with Gasteiger partial charge in [0.05, 0.1) is 4.92 Å². The molecule has 0 amide bonds. The molecular formula is C20H25N3O2. The molecule has 25 heavy (non-hydrogen) atoms. The maximum atomic E-state index is 11.6. The lowest BCUT2D eigenvalue weighted by molar-refractivity contribution is -0.384. The molecule has 0 unspecified atom stereocenters. The van der Waals surface area contributed by atoms with Crippen molar-refractivity contribution in [3.05, 3.63) is 63.7 Å². The molecule has 1 aliphatic rings. The van der Waals surface area contributed by atoms with Crippen molar-refractivity contribution in [1.29, 1.82) is 0 Å². The van der Waals surface area contributed by atoms with Gasteiger partial charge in [-0.1, -0.05) is 23.8 Å². The van der Waals surface area contributed by atoms with E-state index in [9.17, 15) is 10.1 Å². The van der Waals surface area contributed by atoms with Gasteiger partial charge in [-0.3, -0.25) is 10.1 Å². The zero-order valence-corrected chi connectivity index (χ0v) is 14.9. The third kappa shape index (κ3) is 4.10. The number of nitro benzene ring substituents is 1. The van der Waals surface area contributed by atoms with Crippen LogP contribution in [0.15, 0.2) is 42.5 Å². The second-order valence-electron chi connectivity index (χ2n) is 6.84. The van der Waals surface area contributed by atoms with Gasteiger partial charge in [0.15, 0.2) is 0 Å². The number of piperidine rings is 1. The van der Waals surface area contributed by atoms with Crippen LogP contribution in [-0.4, -0.2) is 17.5 Å². The Morgan fingerprint density at radius 3 is 2.64 bits per heavy atom. The van der Waals surface area contributed by atoms with E-state index < -0.39 is 0 Å². The van der Waals surface area contributed by atoms with Crippen molar-refractivity contribution in [2.24, 2.45) is 0 Å². The molecule has 132 valence electrons. The van der Waals surface area contributed by atoms with Crippen LogP contribution in [-0.2, 0) is 6.54 Å². The predicted octanol–water partition coefficient (Wildman–Crippen LogP) is 4.89. The number of nitrogens with one attached hydrogen (secondary N) is 1. The highest BCUT2D eigenvalue weighted by molar-refractivity contribution is 5.65. The van der Waals surface area contributed by atoms with Gasteiger partial charge in [-0.2, -0.15) is 0 Å². The average Bonchev–Trinajstić information content (AvgIpc) is 2.61. The van der Waals surface area contributed by atoms with Gasteiger partial charge in [0.2, 0.25) is 0 Å². The van der Waals surface area contributed by atoms with Crippen molar-refractivity contribution in [2.75, 3.05) is 16.8 Å². The van der Waals surface area contributed by atoms with Crippen molar-refractivity contribution in [3.8, 4) is 0 Å². The first-order valence-corrected chi connectivity index (χ1v) is 8.89. The minimum Gasteiger partial charge on any atom is -0.381 e. The fraction of sp³-hybridized carbons (Fsp3) is 0.400. The summed E-state index contributed by atoms with van der Waals surface area (Å²) in [5, 5.41) is 14.9. The van der Waals surface area contributed by atoms with Crippen LogP contribution in [0.2, 0.25) is 0 Å². The molecule has 0 aliphatic carbocycles. The fourth-order valence-electron chi connectivity index (χ4n) is 3.40. The SMILES string of the molecule is Cc1ccc(NCc2ccc(N3CCCC[C@@H]3C)c([N+](=O)[O-])c2)cc1. The number of hydrogen-bond donors (Lipinski definition) is 1. The van der Waals surface area contributed by atoms with E-state index in [1.54, 1.807) is 6.07 Å². The quantitative estimate of drug-likeness (QED) is 0.622. The summed E-state index contributed by atoms with van der Waals surface area (Å²) >= 11 is 0. The molecule has 0 bridgehead atoms. The van der Waals surface area contributed by atoms with Gasteiger partial charge in [-0.05, 0) is 56.9 Å². The third-order valence-corrected chi connectivity index (χ3v) is 4.90. The molecule has 5 heteroatoms. The number of benzene rings is 2. The van der Waals surface area contributed by atoms with E-state index >= 15 is 0 Å². The van der Waals surface area contributed by atoms with E-state index in [1.807, 2.05) is 43.3 Å². The zero-order valence-electron chi connectivity index (χ0n) is 14.9. The number of rotatable bonds is 5. The lowest BCUT2D eigenvalue weighted by Crippen LogP contribution is -2.37. The number of hydrogen-bond acceptors (Lipinski definition) is 4. The predicted molar refractivity (Wildman–Crippen MR) is 102 cm³/mol. The first kappa shape index (κ1) is 17.3. The highest BCUT2D eigenvalue weighted by Crippen LogP contribution is 2.33. The van der Waals surface area contributed by atoms with Gasteiger partial charge in [-0.25, -0.2) is 0 Å². The number of aryl methyl sites for hydroxylation is 1. The van der Waals surface area contributed by atoms with Crippen LogP contribution in [0.25, 0.3) is 0 Å². The molecule has 1 saturated heterocycles. The Labute approximate surface area is 148 Å². The van der Waals surface area contributed by atoms with Crippen molar-refractivity contribution >= 4 is 17.1 Å². The topological polar surface area (TPSA) is 58.4 Å². The summed E-state index contributed by atoms with van der Waals surface area (Å²) in [4.78, 5) is 13.5. The largest absolute Gasteiger partial charge is 0.381 e. The van der Waals surface area contributed by atoms with Gasteiger partial charge < -0.3 is 10.2 Å². The van der Waals surface area contributed by atoms with Gasteiger partial charge in [0.1, 0.15) is 5.69 Å². The molecular weight excluding hydrogens is 314 g/mol. The highest BCUT2D eigenvalue weighted by Gasteiger charge is 2.25. The van der Waals surface area contributed by atoms with Gasteiger partial charge in [0.25, 0.3) is 5.69 Å². The van der Waals surface area contributed by atoms with E-state index in [2.05, 4.69) is 17.1 Å². The molecule has 0 radical (unpaired) electrons. The summed E-state index contributed by atoms with van der Waals surface area (Å²) < 4.78 is 0. The van der Waals surface area contributed by atoms with Gasteiger partial charge >= 0.3 is 0 Å². The molecule has 1 fully saturated rings. The van der Waals surface area contributed by atoms with Crippen LogP contribution >= 0.6 is 0 Å². The smallest absolute Gasteiger partial charge is 0.292 e. The number of nitrogens with zero attached hydrogens (tertiary/aromatic N) is 2. The summed E-state index contributed by atoms with van der Waals surface area (Å²) in [6, 6.07) is 14.1. The van der Waals surface area contributed by atoms with E-state index in [-0.39, 0.29) is 10.6 Å². The maximum absolute atomic E-state index is 11.6. The Kier molecular flexibility index (Phi) is 5.22. The molecule has 1 heterocycles. The van der Waals surface area contributed by atoms with Gasteiger partial charge in [-0.15, -0.1) is 0 Å². The minimum atomic E-state index is -0.258. The molecule has 2 aromatic rings. The van der Waals surface area contributed by atoms with Crippen LogP contribution < -0.4 is 10.2 Å². The lowest BCUT2D eigenvalue weighted by atomic mass is 10.0. The Morgan fingerprint density at radius 2 is 1.96 bits per heavy atom. The Morgan fingerprint density at radius 1 is 1.20 bits per heavy atom. The summed E-state index contributed by atoms with van der Waals surface area (Å²) in [6.45, 7) is 5.66. The third-order valence-electron chi connectivity index (χ3n) is 4.90. The lowest BCUT2D eigenvalue weighted by Gasteiger charge is -2.35.